The quantitative estimate of drug-likeness (QED) is 0.624. The molecule has 10 heavy (non-hydrogen) atoms. The first-order valence-corrected chi connectivity index (χ1v) is 2.88. The lowest BCUT2D eigenvalue weighted by atomic mass is 10.3. The molecule has 0 aliphatic rings. The lowest BCUT2D eigenvalue weighted by Crippen LogP contribution is -1.62. The number of nitriles is 1. The average Bonchev–Trinajstić information content (AvgIpc) is 2.00. The van der Waals surface area contributed by atoms with Gasteiger partial charge in [-0.25, -0.2) is 5.26 Å². The zero-order valence-corrected chi connectivity index (χ0v) is 5.92. The van der Waals surface area contributed by atoms with Crippen LogP contribution in [0.15, 0.2) is 24.3 Å². The van der Waals surface area contributed by atoms with Crippen molar-refractivity contribution in [3.05, 3.63) is 29.3 Å². The summed E-state index contributed by atoms with van der Waals surface area (Å²) in [5, 5.41) is 15.7. The van der Waals surface area contributed by atoms with E-state index in [2.05, 4.69) is 6.57 Å². The fourth-order valence-corrected chi connectivity index (χ4v) is 0.587. The third-order valence-corrected chi connectivity index (χ3v) is 1.17. The highest BCUT2D eigenvalue weighted by molar-refractivity contribution is 6.31. The Hall–Kier alpha value is -1.20. The van der Waals surface area contributed by atoms with Crippen LogP contribution in [0.4, 0.5) is 0 Å². The van der Waals surface area contributed by atoms with E-state index in [1.165, 1.54) is 0 Å². The number of phenolic OH excluding ortho intramolecular Hbond substituents is 1. The molecule has 0 aliphatic heterocycles. The van der Waals surface area contributed by atoms with Crippen molar-refractivity contribution in [2.24, 2.45) is 0 Å². The summed E-state index contributed by atoms with van der Waals surface area (Å²) in [6, 6.07) is 6.67. The van der Waals surface area contributed by atoms with Crippen molar-refractivity contribution < 1.29 is 5.11 Å². The Bertz CT molecular complexity index is 201. The Morgan fingerprint density at radius 3 is 2.10 bits per heavy atom. The van der Waals surface area contributed by atoms with E-state index in [4.69, 9.17) is 22.0 Å². The molecular formula is C7H6ClNO. The predicted molar refractivity (Wildman–Crippen MR) is 39.8 cm³/mol. The normalized spacial score (nSPS) is 7.50. The number of nitrogens with zero attached hydrogens (tertiary/aromatic N) is 1. The van der Waals surface area contributed by atoms with Gasteiger partial charge < -0.3 is 5.11 Å². The summed E-state index contributed by atoms with van der Waals surface area (Å²) < 4.78 is 0. The molecule has 0 atom stereocenters. The number of benzene rings is 1. The van der Waals surface area contributed by atoms with E-state index in [0.717, 1.165) is 0 Å². The number of hydrogen-bond donors (Lipinski definition) is 1. The molecule has 0 saturated heterocycles. The topological polar surface area (TPSA) is 44.0 Å². The van der Waals surface area contributed by atoms with Gasteiger partial charge in [-0.1, -0.05) is 23.7 Å². The number of phenols is 1. The fourth-order valence-electron chi connectivity index (χ4n) is 0.452. The van der Waals surface area contributed by atoms with Crippen molar-refractivity contribution in [2.45, 2.75) is 0 Å². The Labute approximate surface area is 64.3 Å². The van der Waals surface area contributed by atoms with Gasteiger partial charge in [-0.15, -0.1) is 0 Å². The van der Waals surface area contributed by atoms with E-state index in [-0.39, 0.29) is 5.75 Å². The molecule has 0 radical (unpaired) electrons. The molecule has 0 aromatic heterocycles. The number of hydrogen-bond acceptors (Lipinski definition) is 2. The number of para-hydroxylation sites is 1. The largest absolute Gasteiger partial charge is 0.506 e. The number of aromatic hydroxyl groups is 1. The van der Waals surface area contributed by atoms with Crippen molar-refractivity contribution in [1.82, 2.24) is 0 Å². The lowest BCUT2D eigenvalue weighted by Gasteiger charge is -1.89. The SMILES string of the molecule is C#N.Oc1ccccc1Cl. The van der Waals surface area contributed by atoms with Crippen LogP contribution < -0.4 is 0 Å². The van der Waals surface area contributed by atoms with E-state index >= 15 is 0 Å². The van der Waals surface area contributed by atoms with Crippen LogP contribution in [0.2, 0.25) is 5.02 Å². The van der Waals surface area contributed by atoms with Crippen LogP contribution in [-0.2, 0) is 0 Å². The maximum absolute atomic E-state index is 8.79. The summed E-state index contributed by atoms with van der Waals surface area (Å²) >= 11 is 5.46. The molecule has 0 saturated carbocycles. The molecule has 1 aromatic carbocycles. The van der Waals surface area contributed by atoms with Gasteiger partial charge in [-0.05, 0) is 12.1 Å². The molecule has 0 unspecified atom stereocenters. The average molecular weight is 156 g/mol. The molecule has 0 amide bonds. The molecular weight excluding hydrogens is 150 g/mol. The van der Waals surface area contributed by atoms with Crippen LogP contribution in [0.3, 0.4) is 0 Å². The van der Waals surface area contributed by atoms with Gasteiger partial charge in [0, 0.05) is 6.57 Å². The van der Waals surface area contributed by atoms with Crippen molar-refractivity contribution in [2.75, 3.05) is 0 Å². The molecule has 0 bridgehead atoms. The number of rotatable bonds is 0. The Morgan fingerprint density at radius 1 is 1.30 bits per heavy atom. The standard InChI is InChI=1S/C6H5ClO.CHN/c7-5-3-1-2-4-6(5)8;1-2/h1-4,8H;1H. The van der Waals surface area contributed by atoms with Crippen molar-refractivity contribution in [3.8, 4) is 12.3 Å². The molecule has 0 heterocycles. The van der Waals surface area contributed by atoms with Gasteiger partial charge in [-0.2, -0.15) is 0 Å². The van der Waals surface area contributed by atoms with E-state index in [1.807, 2.05) is 0 Å². The molecule has 1 N–H and O–H groups in total. The first-order chi connectivity index (χ1) is 4.80. The van der Waals surface area contributed by atoms with Crippen LogP contribution in [-0.4, -0.2) is 5.11 Å². The summed E-state index contributed by atoms with van der Waals surface area (Å²) in [5.74, 6) is 0.133. The van der Waals surface area contributed by atoms with Crippen LogP contribution in [0, 0.1) is 11.8 Å². The summed E-state index contributed by atoms with van der Waals surface area (Å²) in [6.45, 7) is 3.50. The van der Waals surface area contributed by atoms with Crippen molar-refractivity contribution in [3.63, 3.8) is 0 Å². The third-order valence-electron chi connectivity index (χ3n) is 0.852. The maximum atomic E-state index is 8.79. The lowest BCUT2D eigenvalue weighted by molar-refractivity contribution is 0.475. The second kappa shape index (κ2) is 4.66. The Kier molecular flexibility index (Phi) is 4.10. The molecule has 2 nitrogen and oxygen atoms in total. The molecule has 1 aromatic rings. The zero-order valence-electron chi connectivity index (χ0n) is 5.16. The van der Waals surface area contributed by atoms with E-state index < -0.39 is 0 Å². The van der Waals surface area contributed by atoms with E-state index in [1.54, 1.807) is 24.3 Å². The smallest absolute Gasteiger partial charge is 0.134 e. The Morgan fingerprint density at radius 2 is 1.80 bits per heavy atom. The summed E-state index contributed by atoms with van der Waals surface area (Å²) in [7, 11) is 0. The highest BCUT2D eigenvalue weighted by Crippen LogP contribution is 2.20. The second-order valence-corrected chi connectivity index (χ2v) is 1.86. The predicted octanol–water partition coefficient (Wildman–Crippen LogP) is 2.19. The summed E-state index contributed by atoms with van der Waals surface area (Å²) in [6.07, 6.45) is 0. The van der Waals surface area contributed by atoms with Gasteiger partial charge in [0.25, 0.3) is 0 Å². The summed E-state index contributed by atoms with van der Waals surface area (Å²) in [5.41, 5.74) is 0. The van der Waals surface area contributed by atoms with Crippen LogP contribution >= 0.6 is 11.6 Å². The summed E-state index contributed by atoms with van der Waals surface area (Å²) in [4.78, 5) is 0. The van der Waals surface area contributed by atoms with Gasteiger partial charge in [0.05, 0.1) is 5.02 Å². The minimum atomic E-state index is 0.133. The first-order valence-electron chi connectivity index (χ1n) is 2.50. The minimum absolute atomic E-state index is 0.133. The van der Waals surface area contributed by atoms with Gasteiger partial charge in [0.15, 0.2) is 0 Å². The monoisotopic (exact) mass is 155 g/mol. The molecule has 3 heteroatoms. The van der Waals surface area contributed by atoms with Crippen LogP contribution in [0.5, 0.6) is 5.75 Å². The zero-order chi connectivity index (χ0) is 7.98. The van der Waals surface area contributed by atoms with Gasteiger partial charge in [0.2, 0.25) is 0 Å². The highest BCUT2D eigenvalue weighted by atomic mass is 35.5. The molecule has 0 aliphatic carbocycles. The maximum Gasteiger partial charge on any atom is 0.134 e. The Balaban J connectivity index is 0.000000371. The minimum Gasteiger partial charge on any atom is -0.506 e. The molecule has 1 rings (SSSR count). The van der Waals surface area contributed by atoms with Crippen LogP contribution in [0.1, 0.15) is 0 Å². The van der Waals surface area contributed by atoms with E-state index in [9.17, 15) is 0 Å². The van der Waals surface area contributed by atoms with Gasteiger partial charge in [-0.3, -0.25) is 0 Å². The molecule has 52 valence electrons. The number of halogens is 1. The fraction of sp³-hybridized carbons (Fsp3) is 0. The van der Waals surface area contributed by atoms with Crippen molar-refractivity contribution >= 4 is 11.6 Å². The highest BCUT2D eigenvalue weighted by Gasteiger charge is 1.89. The first kappa shape index (κ1) is 8.80. The van der Waals surface area contributed by atoms with Gasteiger partial charge >= 0.3 is 0 Å². The van der Waals surface area contributed by atoms with Gasteiger partial charge in [0.1, 0.15) is 5.75 Å². The third kappa shape index (κ3) is 2.38. The van der Waals surface area contributed by atoms with Crippen LogP contribution in [0.25, 0.3) is 0 Å². The molecule has 0 fully saturated rings. The molecule has 0 spiro atoms. The van der Waals surface area contributed by atoms with E-state index in [0.29, 0.717) is 5.02 Å². The van der Waals surface area contributed by atoms with Crippen molar-refractivity contribution in [1.29, 1.82) is 5.26 Å². The second-order valence-electron chi connectivity index (χ2n) is 1.45.